The molecule has 0 spiro atoms. The lowest BCUT2D eigenvalue weighted by atomic mass is 10.1. The summed E-state index contributed by atoms with van der Waals surface area (Å²) in [6.45, 7) is 1.97. The molecule has 1 aliphatic heterocycles. The van der Waals surface area contributed by atoms with E-state index >= 15 is 0 Å². The van der Waals surface area contributed by atoms with Crippen LogP contribution in [0.4, 0.5) is 10.1 Å². The zero-order valence-corrected chi connectivity index (χ0v) is 15.3. The minimum atomic E-state index is -0.907. The molecule has 2 amide bonds. The molecule has 0 radical (unpaired) electrons. The summed E-state index contributed by atoms with van der Waals surface area (Å²) in [4.78, 5) is 26.0. The van der Waals surface area contributed by atoms with E-state index in [1.54, 1.807) is 6.07 Å². The quantitative estimate of drug-likeness (QED) is 0.651. The Kier molecular flexibility index (Phi) is 5.28. The first-order valence-electron chi connectivity index (χ1n) is 8.16. The summed E-state index contributed by atoms with van der Waals surface area (Å²) in [5.41, 5.74) is 7.48. The van der Waals surface area contributed by atoms with E-state index in [-0.39, 0.29) is 16.5 Å². The minimum Gasteiger partial charge on any atom is -0.365 e. The lowest BCUT2D eigenvalue weighted by Crippen LogP contribution is -2.31. The number of benzene rings is 2. The molecule has 1 fully saturated rings. The van der Waals surface area contributed by atoms with Gasteiger partial charge in [-0.15, -0.1) is 0 Å². The molecular formula is C20H16FN3O2S. The number of nitriles is 1. The average molecular weight is 381 g/mol. The van der Waals surface area contributed by atoms with Crippen LogP contribution in [0.1, 0.15) is 11.1 Å². The van der Waals surface area contributed by atoms with Gasteiger partial charge < -0.3 is 5.73 Å². The fourth-order valence-corrected chi connectivity index (χ4v) is 4.08. The van der Waals surface area contributed by atoms with Crippen LogP contribution in [0.3, 0.4) is 0 Å². The van der Waals surface area contributed by atoms with E-state index in [0.29, 0.717) is 12.1 Å². The van der Waals surface area contributed by atoms with E-state index in [0.717, 1.165) is 22.9 Å². The van der Waals surface area contributed by atoms with E-state index in [9.17, 15) is 19.2 Å². The third-order valence-electron chi connectivity index (χ3n) is 4.15. The number of anilines is 1. The lowest BCUT2D eigenvalue weighted by molar-refractivity contribution is -0.117. The van der Waals surface area contributed by atoms with Gasteiger partial charge in [-0.1, -0.05) is 41.6 Å². The number of carbonyl (C=O) groups is 2. The molecule has 0 bridgehead atoms. The molecule has 27 heavy (non-hydrogen) atoms. The van der Waals surface area contributed by atoms with Crippen molar-refractivity contribution in [1.82, 2.24) is 0 Å². The zero-order valence-electron chi connectivity index (χ0n) is 14.5. The maximum Gasteiger partial charge on any atom is 0.262 e. The van der Waals surface area contributed by atoms with Gasteiger partial charge in [-0.2, -0.15) is 5.26 Å². The molecule has 1 heterocycles. The summed E-state index contributed by atoms with van der Waals surface area (Å²) in [7, 11) is 0. The first kappa shape index (κ1) is 18.7. The molecule has 1 unspecified atom stereocenters. The Labute approximate surface area is 160 Å². The number of carbonyl (C=O) groups excluding carboxylic acids is 2. The van der Waals surface area contributed by atoms with Gasteiger partial charge in [-0.05, 0) is 43.2 Å². The van der Waals surface area contributed by atoms with Gasteiger partial charge >= 0.3 is 0 Å². The SMILES string of the molecule is Cc1ccc(CC2SC(=C(C#N)C(N)=O)N(c3ccc(F)cc3)C2=O)cc1. The summed E-state index contributed by atoms with van der Waals surface area (Å²) < 4.78 is 13.3. The molecule has 136 valence electrons. The fourth-order valence-electron chi connectivity index (χ4n) is 2.76. The van der Waals surface area contributed by atoms with Gasteiger partial charge in [0.25, 0.3) is 5.91 Å². The highest BCUT2D eigenvalue weighted by atomic mass is 32.2. The third kappa shape index (κ3) is 3.86. The molecule has 0 saturated carbocycles. The van der Waals surface area contributed by atoms with Crippen molar-refractivity contribution < 1.29 is 14.0 Å². The zero-order chi connectivity index (χ0) is 19.6. The van der Waals surface area contributed by atoms with Gasteiger partial charge in [0, 0.05) is 5.69 Å². The van der Waals surface area contributed by atoms with Crippen LogP contribution in [0, 0.1) is 24.1 Å². The van der Waals surface area contributed by atoms with E-state index < -0.39 is 17.0 Å². The number of thioether (sulfide) groups is 1. The lowest BCUT2D eigenvalue weighted by Gasteiger charge is -2.18. The van der Waals surface area contributed by atoms with Crippen LogP contribution in [-0.2, 0) is 16.0 Å². The Morgan fingerprint density at radius 2 is 1.85 bits per heavy atom. The highest BCUT2D eigenvalue weighted by Gasteiger charge is 2.40. The molecule has 5 nitrogen and oxygen atoms in total. The number of halogens is 1. The maximum atomic E-state index is 13.3. The van der Waals surface area contributed by atoms with Crippen LogP contribution in [-0.4, -0.2) is 17.1 Å². The smallest absolute Gasteiger partial charge is 0.262 e. The number of nitrogens with two attached hydrogens (primary N) is 1. The summed E-state index contributed by atoms with van der Waals surface area (Å²) >= 11 is 1.12. The molecule has 7 heteroatoms. The van der Waals surface area contributed by atoms with E-state index in [1.165, 1.54) is 29.2 Å². The van der Waals surface area contributed by atoms with Crippen molar-refractivity contribution in [2.24, 2.45) is 5.73 Å². The number of amides is 2. The minimum absolute atomic E-state index is 0.179. The normalized spacial score (nSPS) is 18.3. The standard InChI is InChI=1S/C20H16FN3O2S/c1-12-2-4-13(5-3-12)10-17-19(26)24(15-8-6-14(21)7-9-15)20(27-17)16(11-22)18(23)25/h2-9,17H,10H2,1H3,(H2,23,25). The molecule has 0 aromatic heterocycles. The predicted octanol–water partition coefficient (Wildman–Crippen LogP) is 3.05. The molecular weight excluding hydrogens is 365 g/mol. The predicted molar refractivity (Wildman–Crippen MR) is 102 cm³/mol. The average Bonchev–Trinajstić information content (AvgIpc) is 2.94. The molecule has 2 N–H and O–H groups in total. The van der Waals surface area contributed by atoms with Crippen molar-refractivity contribution >= 4 is 29.3 Å². The van der Waals surface area contributed by atoms with Gasteiger partial charge in [0.2, 0.25) is 5.91 Å². The summed E-state index contributed by atoms with van der Waals surface area (Å²) in [5.74, 6) is -1.64. The van der Waals surface area contributed by atoms with Crippen molar-refractivity contribution in [3.8, 4) is 6.07 Å². The Balaban J connectivity index is 2.01. The summed E-state index contributed by atoms with van der Waals surface area (Å²) in [5, 5.41) is 9.00. The molecule has 1 aliphatic rings. The molecule has 2 aromatic carbocycles. The van der Waals surface area contributed by atoms with Crippen LogP contribution in [0.25, 0.3) is 0 Å². The van der Waals surface area contributed by atoms with E-state index in [4.69, 9.17) is 5.73 Å². The molecule has 0 aliphatic carbocycles. The number of nitrogens with zero attached hydrogens (tertiary/aromatic N) is 2. The van der Waals surface area contributed by atoms with Crippen molar-refractivity contribution in [2.45, 2.75) is 18.6 Å². The first-order valence-corrected chi connectivity index (χ1v) is 9.04. The van der Waals surface area contributed by atoms with Crippen LogP contribution in [0.5, 0.6) is 0 Å². The molecule has 2 aromatic rings. The summed E-state index contributed by atoms with van der Waals surface area (Å²) in [6.07, 6.45) is 0.433. The first-order chi connectivity index (χ1) is 12.9. The van der Waals surface area contributed by atoms with Gasteiger partial charge in [0.05, 0.1) is 5.25 Å². The topological polar surface area (TPSA) is 87.2 Å². The molecule has 3 rings (SSSR count). The molecule has 1 saturated heterocycles. The maximum absolute atomic E-state index is 13.3. The largest absolute Gasteiger partial charge is 0.365 e. The Bertz CT molecular complexity index is 962. The monoisotopic (exact) mass is 381 g/mol. The second kappa shape index (κ2) is 7.64. The van der Waals surface area contributed by atoms with E-state index in [2.05, 4.69) is 0 Å². The Morgan fingerprint density at radius 1 is 1.22 bits per heavy atom. The summed E-state index contributed by atoms with van der Waals surface area (Å²) in [6, 6.07) is 14.9. The second-order valence-corrected chi connectivity index (χ2v) is 7.29. The number of hydrogen-bond acceptors (Lipinski definition) is 4. The van der Waals surface area contributed by atoms with E-state index in [1.807, 2.05) is 31.2 Å². The molecule has 1 atom stereocenters. The van der Waals surface area contributed by atoms with Gasteiger partial charge in [0.1, 0.15) is 22.5 Å². The number of primary amides is 1. The number of rotatable bonds is 4. The number of aryl methyl sites for hydroxylation is 1. The highest BCUT2D eigenvalue weighted by Crippen LogP contribution is 2.41. The second-order valence-electron chi connectivity index (χ2n) is 6.10. The van der Waals surface area contributed by atoms with Crippen LogP contribution < -0.4 is 10.6 Å². The van der Waals surface area contributed by atoms with Crippen LogP contribution in [0.2, 0.25) is 0 Å². The van der Waals surface area contributed by atoms with Crippen LogP contribution in [0.15, 0.2) is 59.1 Å². The fraction of sp³-hybridized carbons (Fsp3) is 0.150. The van der Waals surface area contributed by atoms with Crippen molar-refractivity contribution in [2.75, 3.05) is 4.90 Å². The van der Waals surface area contributed by atoms with Gasteiger partial charge in [-0.25, -0.2) is 4.39 Å². The number of hydrogen-bond donors (Lipinski definition) is 1. The van der Waals surface area contributed by atoms with Gasteiger partial charge in [0.15, 0.2) is 0 Å². The Hall–Kier alpha value is -3.11. The third-order valence-corrected chi connectivity index (χ3v) is 5.41. The van der Waals surface area contributed by atoms with Crippen LogP contribution >= 0.6 is 11.8 Å². The van der Waals surface area contributed by atoms with Crippen molar-refractivity contribution in [1.29, 1.82) is 5.26 Å². The highest BCUT2D eigenvalue weighted by molar-refractivity contribution is 8.05. The van der Waals surface area contributed by atoms with Gasteiger partial charge in [-0.3, -0.25) is 14.5 Å². The van der Waals surface area contributed by atoms with Crippen molar-refractivity contribution in [3.63, 3.8) is 0 Å². The Morgan fingerprint density at radius 3 is 2.41 bits per heavy atom. The van der Waals surface area contributed by atoms with Crippen molar-refractivity contribution in [3.05, 3.63) is 76.1 Å².